The molecule has 0 aliphatic rings. The number of phenolic OH excluding ortho intramolecular Hbond substituents is 1. The molecule has 9 rings (SSSR count). The van der Waals surface area contributed by atoms with Gasteiger partial charge in [0.05, 0.1) is 22.3 Å². The van der Waals surface area contributed by atoms with Gasteiger partial charge in [-0.05, 0) is 81.1 Å². The van der Waals surface area contributed by atoms with Crippen molar-refractivity contribution in [3.63, 3.8) is 0 Å². The van der Waals surface area contributed by atoms with Gasteiger partial charge in [-0.3, -0.25) is 9.55 Å². The molecule has 0 unspecified atom stereocenters. The second kappa shape index (κ2) is 16.7. The first-order valence-electron chi connectivity index (χ1n) is 20.6. The van der Waals surface area contributed by atoms with E-state index in [0.29, 0.717) is 11.4 Å². The van der Waals surface area contributed by atoms with E-state index in [1.807, 2.05) is 86.8 Å². The van der Waals surface area contributed by atoms with E-state index in [1.54, 1.807) is 6.07 Å². The summed E-state index contributed by atoms with van der Waals surface area (Å²) in [5.74, 6) is -0.162. The molecule has 2 heterocycles. The largest absolute Gasteiger partial charge is 0.507 e. The fourth-order valence-electron chi connectivity index (χ4n) is 7.97. The van der Waals surface area contributed by atoms with Gasteiger partial charge in [-0.2, -0.15) is 0 Å². The van der Waals surface area contributed by atoms with Crippen LogP contribution in [0.2, 0.25) is 0 Å². The first-order valence-corrected chi connectivity index (χ1v) is 20.1. The topological polar surface area (TPSA) is 50.9 Å². The number of para-hydroxylation sites is 2. The third-order valence-corrected chi connectivity index (χ3v) is 11.1. The minimum atomic E-state index is -0.904. The molecule has 4 nitrogen and oxygen atoms in total. The molecule has 0 aliphatic carbocycles. The van der Waals surface area contributed by atoms with Gasteiger partial charge >= 0.3 is 0 Å². The van der Waals surface area contributed by atoms with Crippen LogP contribution in [0.15, 0.2) is 176 Å². The molecule has 5 heteroatoms. The molecular formula is C55H46N3OPt-. The van der Waals surface area contributed by atoms with Crippen molar-refractivity contribution in [2.45, 2.75) is 45.9 Å². The smallest absolute Gasteiger partial charge is 0.148 e. The van der Waals surface area contributed by atoms with Gasteiger partial charge in [0.1, 0.15) is 11.6 Å². The van der Waals surface area contributed by atoms with E-state index < -0.39 is 5.89 Å². The Hall–Kier alpha value is -6.35. The van der Waals surface area contributed by atoms with Gasteiger partial charge in [0.2, 0.25) is 0 Å². The van der Waals surface area contributed by atoms with Crippen LogP contribution in [0.25, 0.3) is 83.9 Å². The van der Waals surface area contributed by atoms with Gasteiger partial charge in [0.15, 0.2) is 0 Å². The number of pyridine rings is 1. The van der Waals surface area contributed by atoms with Crippen molar-refractivity contribution >= 4 is 11.0 Å². The first kappa shape index (κ1) is 39.1. The van der Waals surface area contributed by atoms with E-state index >= 15 is 0 Å². The molecule has 0 bridgehead atoms. The van der Waals surface area contributed by atoms with Crippen molar-refractivity contribution in [3.05, 3.63) is 193 Å². The number of benzene rings is 7. The molecule has 1 N–H and O–H groups in total. The molecule has 0 atom stereocenters. The maximum Gasteiger partial charge on any atom is 0.148 e. The summed E-state index contributed by atoms with van der Waals surface area (Å²) >= 11 is 0. The van der Waals surface area contributed by atoms with Crippen LogP contribution in [0.5, 0.6) is 5.75 Å². The van der Waals surface area contributed by atoms with Crippen molar-refractivity contribution in [1.82, 2.24) is 14.5 Å². The van der Waals surface area contributed by atoms with Crippen LogP contribution in [0.3, 0.4) is 0 Å². The van der Waals surface area contributed by atoms with Crippen LogP contribution in [-0.4, -0.2) is 19.6 Å². The summed E-state index contributed by atoms with van der Waals surface area (Å²) in [5.41, 5.74) is 14.8. The summed E-state index contributed by atoms with van der Waals surface area (Å²) in [6, 6.07) is 61.5. The van der Waals surface area contributed by atoms with Crippen molar-refractivity contribution in [2.24, 2.45) is 0 Å². The van der Waals surface area contributed by atoms with E-state index in [9.17, 15) is 6.48 Å². The SMILES string of the molecule is [2H]C(C)(C)c1cc(-c2ccccc2)c(-n2c(-c3ccccc3O)nc3c(-c4[c-]c(-c5cc(-c6ccccc6)ccn5)cc(C(C)(C)C)c4)cccc32)cc1-c1ccccc1.[Pt]. The number of fused-ring (bicyclic) bond motifs is 1. The fourth-order valence-corrected chi connectivity index (χ4v) is 7.97. The average molecular weight is 961 g/mol. The third-order valence-electron chi connectivity index (χ3n) is 11.1. The number of nitrogens with zero attached hydrogens (tertiary/aromatic N) is 3. The molecule has 2 aromatic heterocycles. The second-order valence-electron chi connectivity index (χ2n) is 16.4. The Balaban J connectivity index is 0.00000514. The Morgan fingerprint density at radius 1 is 0.600 bits per heavy atom. The molecule has 0 saturated heterocycles. The first-order chi connectivity index (χ1) is 28.9. The Morgan fingerprint density at radius 3 is 1.85 bits per heavy atom. The molecule has 0 amide bonds. The number of rotatable bonds is 8. The van der Waals surface area contributed by atoms with E-state index in [2.05, 4.69) is 128 Å². The van der Waals surface area contributed by atoms with Crippen LogP contribution < -0.4 is 0 Å². The fraction of sp³-hybridized carbons (Fsp3) is 0.127. The molecule has 298 valence electrons. The van der Waals surface area contributed by atoms with Gasteiger partial charge < -0.3 is 5.11 Å². The monoisotopic (exact) mass is 960 g/mol. The van der Waals surface area contributed by atoms with Crippen molar-refractivity contribution in [2.75, 3.05) is 0 Å². The number of hydrogen-bond acceptors (Lipinski definition) is 3. The van der Waals surface area contributed by atoms with Crippen molar-refractivity contribution < 1.29 is 27.5 Å². The van der Waals surface area contributed by atoms with Gasteiger partial charge in [0.25, 0.3) is 0 Å². The van der Waals surface area contributed by atoms with Crippen LogP contribution in [-0.2, 0) is 26.5 Å². The summed E-state index contributed by atoms with van der Waals surface area (Å²) < 4.78 is 11.5. The molecule has 9 aromatic rings. The Bertz CT molecular complexity index is 3000. The minimum Gasteiger partial charge on any atom is -0.507 e. The van der Waals surface area contributed by atoms with Gasteiger partial charge in [-0.1, -0.05) is 167 Å². The number of aromatic hydroxyl groups is 1. The van der Waals surface area contributed by atoms with Gasteiger partial charge in [0, 0.05) is 39.9 Å². The van der Waals surface area contributed by atoms with Crippen LogP contribution >= 0.6 is 0 Å². The summed E-state index contributed by atoms with van der Waals surface area (Å²) in [4.78, 5) is 10.3. The maximum absolute atomic E-state index is 11.5. The minimum absolute atomic E-state index is 0. The molecular weight excluding hydrogens is 914 g/mol. The molecule has 0 radical (unpaired) electrons. The molecule has 0 fully saturated rings. The summed E-state index contributed by atoms with van der Waals surface area (Å²) in [5, 5.41) is 11.5. The quantitative estimate of drug-likeness (QED) is 0.154. The number of imidazole rings is 1. The van der Waals surface area contributed by atoms with E-state index in [4.69, 9.17) is 9.97 Å². The van der Waals surface area contributed by atoms with E-state index in [1.165, 1.54) is 0 Å². The molecule has 0 aliphatic heterocycles. The van der Waals surface area contributed by atoms with Crippen LogP contribution in [0, 0.1) is 6.07 Å². The molecule has 0 saturated carbocycles. The average Bonchev–Trinajstić information content (AvgIpc) is 3.66. The predicted molar refractivity (Wildman–Crippen MR) is 245 cm³/mol. The number of hydrogen-bond donors (Lipinski definition) is 1. The normalized spacial score (nSPS) is 11.9. The molecule has 7 aromatic carbocycles. The van der Waals surface area contributed by atoms with Crippen molar-refractivity contribution in [1.29, 1.82) is 0 Å². The van der Waals surface area contributed by atoms with Gasteiger partial charge in [-0.25, -0.2) is 4.98 Å². The maximum atomic E-state index is 11.5. The number of aromatic nitrogens is 3. The van der Waals surface area contributed by atoms with E-state index in [-0.39, 0.29) is 32.2 Å². The summed E-state index contributed by atoms with van der Waals surface area (Å²) in [6.07, 6.45) is 1.87. The third kappa shape index (κ3) is 7.76. The number of phenols is 1. The summed E-state index contributed by atoms with van der Waals surface area (Å²) in [6.45, 7) is 10.6. The van der Waals surface area contributed by atoms with Gasteiger partial charge in [-0.15, -0.1) is 29.3 Å². The van der Waals surface area contributed by atoms with Crippen molar-refractivity contribution in [3.8, 4) is 78.6 Å². The second-order valence-corrected chi connectivity index (χ2v) is 16.4. The predicted octanol–water partition coefficient (Wildman–Crippen LogP) is 14.3. The van der Waals surface area contributed by atoms with Crippen LogP contribution in [0.1, 0.15) is 53.0 Å². The molecule has 60 heavy (non-hydrogen) atoms. The van der Waals surface area contributed by atoms with E-state index in [0.717, 1.165) is 83.6 Å². The Morgan fingerprint density at radius 2 is 1.20 bits per heavy atom. The Labute approximate surface area is 369 Å². The summed E-state index contributed by atoms with van der Waals surface area (Å²) in [7, 11) is 0. The molecule has 0 spiro atoms. The zero-order valence-electron chi connectivity index (χ0n) is 35.3. The van der Waals surface area contributed by atoms with Crippen LogP contribution in [0.4, 0.5) is 0 Å². The Kier molecular flexibility index (Phi) is 10.9. The zero-order valence-corrected chi connectivity index (χ0v) is 36.6. The zero-order chi connectivity index (χ0) is 41.6. The standard InChI is InChI=1S/C55H46N3O.Pt/c1-36(2)46-34-48(39-22-13-8-14-23-39)51(35-47(46)38-20-11-7-12-21-38)58-50-26-17-25-44(53(50)57-54(58)45-24-15-16-27-52(45)59)41-30-42(32-43(31-41)55(3,4)5)49-33-40(28-29-56-49)37-18-9-6-10-19-37;/h6-29,31-36,59H,1-5H3;/q-1;/i36D;.